The summed E-state index contributed by atoms with van der Waals surface area (Å²) in [6.45, 7) is 3.68. The van der Waals surface area contributed by atoms with Crippen molar-refractivity contribution < 1.29 is 28.9 Å². The molecule has 3 heterocycles. The molecule has 1 atom stereocenters. The Morgan fingerprint density at radius 2 is 2.12 bits per heavy atom. The van der Waals surface area contributed by atoms with Crippen molar-refractivity contribution in [3.8, 4) is 5.75 Å². The van der Waals surface area contributed by atoms with E-state index in [-0.39, 0.29) is 50.5 Å². The predicted octanol–water partition coefficient (Wildman–Crippen LogP) is 1.16. The molecule has 34 heavy (non-hydrogen) atoms. The van der Waals surface area contributed by atoms with Gasteiger partial charge in [-0.05, 0) is 44.4 Å². The van der Waals surface area contributed by atoms with E-state index in [2.05, 4.69) is 10.3 Å². The van der Waals surface area contributed by atoms with E-state index in [1.807, 2.05) is 0 Å². The van der Waals surface area contributed by atoms with Crippen molar-refractivity contribution in [1.29, 1.82) is 0 Å². The fourth-order valence-corrected chi connectivity index (χ4v) is 4.49. The minimum Gasteiger partial charge on any atom is -0.501 e. The molecule has 10 nitrogen and oxygen atoms in total. The molecule has 0 spiro atoms. The molecule has 1 saturated heterocycles. The average Bonchev–Trinajstić information content (AvgIpc) is 3.15. The van der Waals surface area contributed by atoms with Gasteiger partial charge in [-0.15, -0.1) is 0 Å². The summed E-state index contributed by atoms with van der Waals surface area (Å²) in [7, 11) is 0. The number of aromatic hydroxyl groups is 1. The lowest BCUT2D eigenvalue weighted by atomic mass is 10.1. The first-order chi connectivity index (χ1) is 16.1. The lowest BCUT2D eigenvalue weighted by Crippen LogP contribution is -2.42. The summed E-state index contributed by atoms with van der Waals surface area (Å²) in [6, 6.07) is 3.62. The second-order valence-corrected chi connectivity index (χ2v) is 8.87. The number of carbonyl (C=O) groups excluding carboxylic acids is 2. The highest BCUT2D eigenvalue weighted by molar-refractivity contribution is 5.97. The van der Waals surface area contributed by atoms with Gasteiger partial charge >= 0.3 is 0 Å². The Bertz CT molecular complexity index is 1190. The van der Waals surface area contributed by atoms with Crippen LogP contribution in [0.2, 0.25) is 0 Å². The molecule has 0 unspecified atom stereocenters. The highest BCUT2D eigenvalue weighted by Crippen LogP contribution is 2.32. The van der Waals surface area contributed by atoms with E-state index in [1.165, 1.54) is 27.7 Å². The maximum Gasteiger partial charge on any atom is 0.296 e. The SMILES string of the molecule is CC1(C)OCCn2c1nc(C(=O)NCc1ccc(F)cc1N1C(=O)CC[C@@H]1CCO)c(O)c2=O. The van der Waals surface area contributed by atoms with Crippen LogP contribution in [0.1, 0.15) is 55.0 Å². The average molecular weight is 474 g/mol. The van der Waals surface area contributed by atoms with Crippen LogP contribution < -0.4 is 15.8 Å². The van der Waals surface area contributed by atoms with E-state index < -0.39 is 34.3 Å². The number of aromatic nitrogens is 2. The molecule has 2 aliphatic rings. The van der Waals surface area contributed by atoms with Gasteiger partial charge in [0.2, 0.25) is 11.7 Å². The second-order valence-electron chi connectivity index (χ2n) is 8.87. The van der Waals surface area contributed by atoms with Gasteiger partial charge in [0.15, 0.2) is 5.69 Å². The van der Waals surface area contributed by atoms with Crippen molar-refractivity contribution in [2.45, 2.75) is 57.8 Å². The van der Waals surface area contributed by atoms with Crippen LogP contribution in [0, 0.1) is 5.82 Å². The molecule has 1 aromatic heterocycles. The standard InChI is InChI=1S/C23H27FN4O6/c1-23(2)22-26-18(19(31)21(33)27(22)8-10-34-23)20(32)25-12-13-3-4-14(24)11-16(13)28-15(7-9-29)5-6-17(28)30/h3-4,11,15,29,31H,5-10,12H2,1-2H3,(H,25,32)/t15-/m1/s1. The number of benzene rings is 1. The minimum atomic E-state index is -0.928. The Morgan fingerprint density at radius 1 is 1.35 bits per heavy atom. The van der Waals surface area contributed by atoms with Gasteiger partial charge in [0, 0.05) is 25.6 Å². The van der Waals surface area contributed by atoms with Crippen LogP contribution in [0.4, 0.5) is 10.1 Å². The summed E-state index contributed by atoms with van der Waals surface area (Å²) in [4.78, 5) is 43.7. The fourth-order valence-electron chi connectivity index (χ4n) is 4.49. The molecule has 0 aliphatic carbocycles. The third kappa shape index (κ3) is 4.28. The molecule has 1 fully saturated rings. The number of nitrogens with one attached hydrogen (secondary N) is 1. The normalized spacial score (nSPS) is 19.2. The highest BCUT2D eigenvalue weighted by Gasteiger charge is 2.35. The smallest absolute Gasteiger partial charge is 0.296 e. The van der Waals surface area contributed by atoms with Crippen molar-refractivity contribution in [2.24, 2.45) is 0 Å². The summed E-state index contributed by atoms with van der Waals surface area (Å²) in [6.07, 6.45) is 1.17. The Labute approximate surface area is 195 Å². The van der Waals surface area contributed by atoms with Crippen molar-refractivity contribution >= 4 is 17.5 Å². The molecule has 4 rings (SSSR count). The number of carbonyl (C=O) groups is 2. The number of rotatable bonds is 6. The number of fused-ring (bicyclic) bond motifs is 1. The van der Waals surface area contributed by atoms with Crippen LogP contribution in [0.15, 0.2) is 23.0 Å². The second kappa shape index (κ2) is 9.15. The van der Waals surface area contributed by atoms with Gasteiger partial charge in [-0.2, -0.15) is 0 Å². The lowest BCUT2D eigenvalue weighted by Gasteiger charge is -2.32. The molecule has 1 aromatic carbocycles. The number of halogens is 1. The number of ether oxygens (including phenoxy) is 1. The molecule has 3 N–H and O–H groups in total. The Morgan fingerprint density at radius 3 is 2.85 bits per heavy atom. The van der Waals surface area contributed by atoms with Crippen LogP contribution in [0.3, 0.4) is 0 Å². The molecular weight excluding hydrogens is 447 g/mol. The van der Waals surface area contributed by atoms with Gasteiger partial charge in [-0.1, -0.05) is 6.07 Å². The van der Waals surface area contributed by atoms with Crippen LogP contribution >= 0.6 is 0 Å². The summed E-state index contributed by atoms with van der Waals surface area (Å²) in [5, 5.41) is 22.3. The van der Waals surface area contributed by atoms with Gasteiger partial charge in [0.25, 0.3) is 11.5 Å². The van der Waals surface area contributed by atoms with Gasteiger partial charge in [-0.3, -0.25) is 19.0 Å². The first kappa shape index (κ1) is 23.8. The Kier molecular flexibility index (Phi) is 6.41. The van der Waals surface area contributed by atoms with Crippen molar-refractivity contribution in [3.05, 3.63) is 51.5 Å². The zero-order valence-corrected chi connectivity index (χ0v) is 19.0. The summed E-state index contributed by atoms with van der Waals surface area (Å²) in [5.74, 6) is -2.08. The molecule has 0 bridgehead atoms. The number of hydrogen-bond acceptors (Lipinski definition) is 7. The molecule has 0 radical (unpaired) electrons. The number of aliphatic hydroxyl groups is 1. The third-order valence-corrected chi connectivity index (χ3v) is 6.21. The Hall–Kier alpha value is -3.31. The van der Waals surface area contributed by atoms with E-state index in [0.29, 0.717) is 24.1 Å². The molecule has 2 amide bonds. The number of aliphatic hydroxyl groups excluding tert-OH is 1. The van der Waals surface area contributed by atoms with Crippen molar-refractivity contribution in [2.75, 3.05) is 18.1 Å². The summed E-state index contributed by atoms with van der Waals surface area (Å²) >= 11 is 0. The monoisotopic (exact) mass is 474 g/mol. The zero-order valence-electron chi connectivity index (χ0n) is 19.0. The topological polar surface area (TPSA) is 134 Å². The predicted molar refractivity (Wildman–Crippen MR) is 119 cm³/mol. The molecular formula is C23H27FN4O6. The fraction of sp³-hybridized carbons (Fsp3) is 0.478. The molecule has 2 aliphatic heterocycles. The van der Waals surface area contributed by atoms with Gasteiger partial charge in [0.1, 0.15) is 17.2 Å². The summed E-state index contributed by atoms with van der Waals surface area (Å²) in [5.41, 5.74) is -1.33. The molecule has 2 aromatic rings. The van der Waals surface area contributed by atoms with Crippen molar-refractivity contribution in [3.63, 3.8) is 0 Å². The quantitative estimate of drug-likeness (QED) is 0.572. The third-order valence-electron chi connectivity index (χ3n) is 6.21. The summed E-state index contributed by atoms with van der Waals surface area (Å²) < 4.78 is 21.0. The Balaban J connectivity index is 1.62. The molecule has 0 saturated carbocycles. The van der Waals surface area contributed by atoms with E-state index in [9.17, 15) is 29.0 Å². The minimum absolute atomic E-state index is 0.108. The van der Waals surface area contributed by atoms with Gasteiger partial charge < -0.3 is 25.2 Å². The van der Waals surface area contributed by atoms with Crippen LogP contribution in [-0.2, 0) is 28.2 Å². The van der Waals surface area contributed by atoms with Crippen molar-refractivity contribution in [1.82, 2.24) is 14.9 Å². The maximum atomic E-state index is 14.1. The first-order valence-electron chi connectivity index (χ1n) is 11.1. The van der Waals surface area contributed by atoms with Gasteiger partial charge in [0.05, 0.1) is 18.8 Å². The van der Waals surface area contributed by atoms with Crippen LogP contribution in [0.5, 0.6) is 5.75 Å². The molecule has 182 valence electrons. The maximum absolute atomic E-state index is 14.1. The lowest BCUT2D eigenvalue weighted by molar-refractivity contribution is -0.117. The number of amides is 2. The van der Waals surface area contributed by atoms with E-state index in [0.717, 1.165) is 0 Å². The zero-order chi connectivity index (χ0) is 24.6. The van der Waals surface area contributed by atoms with E-state index in [4.69, 9.17) is 4.74 Å². The van der Waals surface area contributed by atoms with Crippen LogP contribution in [-0.4, -0.2) is 50.8 Å². The number of anilines is 1. The van der Waals surface area contributed by atoms with Gasteiger partial charge in [-0.25, -0.2) is 9.37 Å². The number of nitrogens with zero attached hydrogens (tertiary/aromatic N) is 3. The largest absolute Gasteiger partial charge is 0.501 e. The number of hydrogen-bond donors (Lipinski definition) is 3. The highest BCUT2D eigenvalue weighted by atomic mass is 19.1. The van der Waals surface area contributed by atoms with Crippen LogP contribution in [0.25, 0.3) is 0 Å². The first-order valence-corrected chi connectivity index (χ1v) is 11.1. The van der Waals surface area contributed by atoms with E-state index >= 15 is 0 Å². The molecule has 11 heteroatoms. The van der Waals surface area contributed by atoms with E-state index in [1.54, 1.807) is 13.8 Å².